The molecule has 1 aliphatic heterocycles. The van der Waals surface area contributed by atoms with Crippen LogP contribution in [-0.4, -0.2) is 16.4 Å². The maximum Gasteiger partial charge on any atom is 0.240 e. The highest BCUT2D eigenvalue weighted by Gasteiger charge is 2.31. The van der Waals surface area contributed by atoms with Gasteiger partial charge in [0.2, 0.25) is 5.91 Å². The van der Waals surface area contributed by atoms with Gasteiger partial charge < -0.3 is 4.90 Å². The Hall–Kier alpha value is 0.190. The maximum atomic E-state index is 11.7. The Morgan fingerprint density at radius 2 is 2.43 bits per heavy atom. The third kappa shape index (κ3) is 1.79. The number of rotatable bonds is 1. The fraction of sp³-hybridized carbons (Fsp3) is 0.444. The lowest BCUT2D eigenvalue weighted by Crippen LogP contribution is -2.26. The van der Waals surface area contributed by atoms with Crippen LogP contribution in [0.4, 0.5) is 5.00 Å². The molecule has 1 aromatic rings. The van der Waals surface area contributed by atoms with E-state index in [1.807, 2.05) is 17.9 Å². The molecule has 0 radical (unpaired) electrons. The van der Waals surface area contributed by atoms with Crippen LogP contribution in [0.2, 0.25) is 4.34 Å². The molecule has 0 N–H and O–H groups in total. The van der Waals surface area contributed by atoms with Crippen molar-refractivity contribution in [1.29, 1.82) is 0 Å². The van der Waals surface area contributed by atoms with Gasteiger partial charge in [-0.25, -0.2) is 0 Å². The lowest BCUT2D eigenvalue weighted by molar-refractivity contribution is -0.116. The lowest BCUT2D eigenvalue weighted by Gasteiger charge is -2.12. The number of aryl methyl sites for hydroxylation is 1. The summed E-state index contributed by atoms with van der Waals surface area (Å²) in [6, 6.07) is 1.99. The van der Waals surface area contributed by atoms with Gasteiger partial charge in [0, 0.05) is 6.54 Å². The van der Waals surface area contributed by atoms with Crippen LogP contribution in [0.25, 0.3) is 0 Å². The average molecular weight is 342 g/mol. The molecule has 2 nitrogen and oxygen atoms in total. The largest absolute Gasteiger partial charge is 0.303 e. The van der Waals surface area contributed by atoms with E-state index in [2.05, 4.69) is 22.6 Å². The molecule has 1 amide bonds. The summed E-state index contributed by atoms with van der Waals surface area (Å²) in [4.78, 5) is 13.5. The van der Waals surface area contributed by atoms with Crippen molar-refractivity contribution in [3.8, 4) is 0 Å². The number of anilines is 1. The minimum atomic E-state index is 0.133. The summed E-state index contributed by atoms with van der Waals surface area (Å²) in [6.07, 6.45) is 0.938. The van der Waals surface area contributed by atoms with Crippen LogP contribution in [0.3, 0.4) is 0 Å². The first kappa shape index (κ1) is 10.7. The first-order chi connectivity index (χ1) is 6.59. The number of carbonyl (C=O) groups is 1. The van der Waals surface area contributed by atoms with Crippen LogP contribution >= 0.6 is 45.5 Å². The number of halogens is 2. The Labute approximate surface area is 105 Å². The molecule has 1 saturated heterocycles. The highest BCUT2D eigenvalue weighted by molar-refractivity contribution is 14.1. The normalized spacial score (nSPS) is 22.1. The molecule has 0 aliphatic carbocycles. The molecule has 2 heterocycles. The fourth-order valence-electron chi connectivity index (χ4n) is 1.44. The van der Waals surface area contributed by atoms with Crippen LogP contribution in [-0.2, 0) is 4.79 Å². The topological polar surface area (TPSA) is 20.3 Å². The van der Waals surface area contributed by atoms with Gasteiger partial charge >= 0.3 is 0 Å². The summed E-state index contributed by atoms with van der Waals surface area (Å²) in [5.74, 6) is 0.212. The van der Waals surface area contributed by atoms with Gasteiger partial charge in [0.1, 0.15) is 0 Å². The monoisotopic (exact) mass is 341 g/mol. The van der Waals surface area contributed by atoms with Crippen molar-refractivity contribution in [1.82, 2.24) is 0 Å². The summed E-state index contributed by atoms with van der Waals surface area (Å²) < 4.78 is 0.915. The molecular weight excluding hydrogens is 333 g/mol. The van der Waals surface area contributed by atoms with E-state index < -0.39 is 0 Å². The molecule has 1 aliphatic rings. The SMILES string of the molecule is Cc1cc(N2CCC(I)C2=O)sc1Cl. The van der Waals surface area contributed by atoms with Crippen molar-refractivity contribution >= 4 is 56.4 Å². The quantitative estimate of drug-likeness (QED) is 0.567. The zero-order valence-corrected chi connectivity index (χ0v) is 11.3. The van der Waals surface area contributed by atoms with E-state index in [9.17, 15) is 4.79 Å². The van der Waals surface area contributed by atoms with Gasteiger partial charge in [-0.2, -0.15) is 0 Å². The second-order valence-corrected chi connectivity index (χ2v) is 6.42. The van der Waals surface area contributed by atoms with Gasteiger partial charge in [0.25, 0.3) is 0 Å². The number of nitrogens with zero attached hydrogens (tertiary/aromatic N) is 1. The van der Waals surface area contributed by atoms with Gasteiger partial charge in [0.05, 0.1) is 13.3 Å². The van der Waals surface area contributed by atoms with Crippen LogP contribution in [0.1, 0.15) is 12.0 Å². The standard InChI is InChI=1S/C9H9ClINOS/c1-5-4-7(14-8(5)10)12-3-2-6(11)9(12)13/h4,6H,2-3H2,1H3. The summed E-state index contributed by atoms with van der Waals surface area (Å²) in [6.45, 7) is 2.78. The minimum Gasteiger partial charge on any atom is -0.303 e. The Morgan fingerprint density at radius 3 is 2.86 bits per heavy atom. The van der Waals surface area contributed by atoms with E-state index in [0.717, 1.165) is 27.9 Å². The van der Waals surface area contributed by atoms with Crippen molar-refractivity contribution in [3.63, 3.8) is 0 Å². The fourth-order valence-corrected chi connectivity index (χ4v) is 3.28. The number of hydrogen-bond acceptors (Lipinski definition) is 2. The zero-order valence-electron chi connectivity index (χ0n) is 7.59. The highest BCUT2D eigenvalue weighted by Crippen LogP contribution is 2.36. The van der Waals surface area contributed by atoms with Crippen molar-refractivity contribution in [2.45, 2.75) is 17.3 Å². The second kappa shape index (κ2) is 3.98. The van der Waals surface area contributed by atoms with E-state index in [1.165, 1.54) is 11.3 Å². The van der Waals surface area contributed by atoms with Gasteiger partial charge in [-0.3, -0.25) is 4.79 Å². The number of hydrogen-bond donors (Lipinski definition) is 0. The Kier molecular flexibility index (Phi) is 3.04. The van der Waals surface area contributed by atoms with E-state index in [-0.39, 0.29) is 9.83 Å². The molecule has 2 rings (SSSR count). The highest BCUT2D eigenvalue weighted by atomic mass is 127. The van der Waals surface area contributed by atoms with Crippen LogP contribution in [0.15, 0.2) is 6.07 Å². The third-order valence-electron chi connectivity index (χ3n) is 2.25. The zero-order chi connectivity index (χ0) is 10.3. The number of amides is 1. The van der Waals surface area contributed by atoms with Crippen molar-refractivity contribution < 1.29 is 4.79 Å². The van der Waals surface area contributed by atoms with Crippen molar-refractivity contribution in [2.75, 3.05) is 11.4 Å². The molecule has 5 heteroatoms. The Morgan fingerprint density at radius 1 is 1.71 bits per heavy atom. The Balaban J connectivity index is 2.28. The van der Waals surface area contributed by atoms with E-state index in [0.29, 0.717) is 0 Å². The predicted molar refractivity (Wildman–Crippen MR) is 68.8 cm³/mol. The molecule has 0 saturated carbocycles. The maximum absolute atomic E-state index is 11.7. The van der Waals surface area contributed by atoms with Gasteiger partial charge in [-0.15, -0.1) is 11.3 Å². The first-order valence-corrected chi connectivity index (χ1v) is 6.75. The molecule has 1 aromatic heterocycles. The van der Waals surface area contributed by atoms with E-state index in [1.54, 1.807) is 0 Å². The molecule has 0 spiro atoms. The van der Waals surface area contributed by atoms with Crippen LogP contribution in [0.5, 0.6) is 0 Å². The number of carbonyl (C=O) groups excluding carboxylic acids is 1. The molecule has 1 fully saturated rings. The molecule has 0 bridgehead atoms. The van der Waals surface area contributed by atoms with Gasteiger partial charge in [-0.05, 0) is 25.0 Å². The summed E-state index contributed by atoms with van der Waals surface area (Å²) >= 11 is 9.65. The molecule has 14 heavy (non-hydrogen) atoms. The third-order valence-corrected chi connectivity index (χ3v) is 4.98. The number of thiophene rings is 1. The molecule has 76 valence electrons. The summed E-state index contributed by atoms with van der Waals surface area (Å²) in [5, 5.41) is 0.983. The minimum absolute atomic E-state index is 0.133. The van der Waals surface area contributed by atoms with Crippen LogP contribution in [0, 0.1) is 6.92 Å². The first-order valence-electron chi connectivity index (χ1n) is 4.31. The Bertz CT molecular complexity index is 359. The molecular formula is C9H9ClINOS. The van der Waals surface area contributed by atoms with Crippen LogP contribution < -0.4 is 4.90 Å². The van der Waals surface area contributed by atoms with E-state index in [4.69, 9.17) is 11.6 Å². The second-order valence-electron chi connectivity index (χ2n) is 3.29. The van der Waals surface area contributed by atoms with E-state index >= 15 is 0 Å². The summed E-state index contributed by atoms with van der Waals surface area (Å²) in [7, 11) is 0. The predicted octanol–water partition coefficient (Wildman–Crippen LogP) is 3.25. The van der Waals surface area contributed by atoms with Crippen molar-refractivity contribution in [2.24, 2.45) is 0 Å². The molecule has 1 unspecified atom stereocenters. The number of alkyl halides is 1. The van der Waals surface area contributed by atoms with Gasteiger partial charge in [0.15, 0.2) is 0 Å². The molecule has 0 aromatic carbocycles. The average Bonchev–Trinajstić information content (AvgIpc) is 2.61. The molecule has 1 atom stereocenters. The lowest BCUT2D eigenvalue weighted by atomic mass is 10.4. The van der Waals surface area contributed by atoms with Gasteiger partial charge in [-0.1, -0.05) is 34.2 Å². The van der Waals surface area contributed by atoms with Crippen molar-refractivity contribution in [3.05, 3.63) is 16.0 Å². The summed E-state index contributed by atoms with van der Waals surface area (Å²) in [5.41, 5.74) is 1.05. The smallest absolute Gasteiger partial charge is 0.240 e.